The second kappa shape index (κ2) is 7.97. The molecule has 1 aliphatic heterocycles. The summed E-state index contributed by atoms with van der Waals surface area (Å²) in [7, 11) is 0. The number of pyridine rings is 1. The first-order chi connectivity index (χ1) is 15.7. The first-order valence-electron chi connectivity index (χ1n) is 11.3. The average Bonchev–Trinajstić information content (AvgIpc) is 3.35. The number of anilines is 1. The number of piperidine rings is 1. The molecule has 3 aromatic heterocycles. The smallest absolute Gasteiger partial charge is 0.408 e. The largest absolute Gasteiger partial charge is 0.444 e. The van der Waals surface area contributed by atoms with E-state index >= 15 is 0 Å². The van der Waals surface area contributed by atoms with Gasteiger partial charge in [0, 0.05) is 30.4 Å². The quantitative estimate of drug-likeness (QED) is 0.539. The maximum absolute atomic E-state index is 12.7. The van der Waals surface area contributed by atoms with Gasteiger partial charge in [-0.1, -0.05) is 6.07 Å². The van der Waals surface area contributed by atoms with Crippen molar-refractivity contribution in [2.45, 2.75) is 58.6 Å². The van der Waals surface area contributed by atoms with Crippen LogP contribution < -0.4 is 10.2 Å². The van der Waals surface area contributed by atoms with E-state index in [-0.39, 0.29) is 17.6 Å². The molecule has 33 heavy (non-hydrogen) atoms. The Labute approximate surface area is 201 Å². The molecule has 5 rings (SSSR count). The first-order valence-corrected chi connectivity index (χ1v) is 12.1. The molecule has 1 N–H and O–H groups in total. The van der Waals surface area contributed by atoms with Crippen LogP contribution >= 0.6 is 15.9 Å². The highest BCUT2D eigenvalue weighted by molar-refractivity contribution is 9.10. The third-order valence-electron chi connectivity index (χ3n) is 6.72. The van der Waals surface area contributed by atoms with Crippen LogP contribution in [-0.4, -0.2) is 44.4 Å². The maximum atomic E-state index is 12.7. The van der Waals surface area contributed by atoms with E-state index in [9.17, 15) is 4.79 Å². The minimum absolute atomic E-state index is 0.0922. The summed E-state index contributed by atoms with van der Waals surface area (Å²) in [5, 5.41) is 7.63. The number of nitrogens with zero attached hydrogens (tertiary/aromatic N) is 5. The van der Waals surface area contributed by atoms with E-state index in [2.05, 4.69) is 42.3 Å². The molecule has 0 saturated carbocycles. The number of halogens is 1. The number of aryl methyl sites for hydroxylation is 1. The zero-order valence-electron chi connectivity index (χ0n) is 19.4. The fourth-order valence-corrected chi connectivity index (χ4v) is 5.56. The second-order valence-electron chi connectivity index (χ2n) is 10.1. The summed E-state index contributed by atoms with van der Waals surface area (Å²) in [6, 6.07) is 5.91. The van der Waals surface area contributed by atoms with Crippen LogP contribution in [0.4, 0.5) is 10.6 Å². The Balaban J connectivity index is 1.41. The van der Waals surface area contributed by atoms with Crippen molar-refractivity contribution in [1.82, 2.24) is 24.9 Å². The van der Waals surface area contributed by atoms with Crippen molar-refractivity contribution in [1.29, 1.82) is 0 Å². The molecule has 2 aliphatic rings. The molecule has 1 amide bonds. The van der Waals surface area contributed by atoms with E-state index in [1.165, 1.54) is 0 Å². The number of rotatable bonds is 2. The molecule has 1 saturated heterocycles. The van der Waals surface area contributed by atoms with E-state index < -0.39 is 5.60 Å². The van der Waals surface area contributed by atoms with Gasteiger partial charge in [-0.05, 0) is 80.6 Å². The molecular formula is C24H29BrN6O2. The van der Waals surface area contributed by atoms with Gasteiger partial charge < -0.3 is 15.0 Å². The van der Waals surface area contributed by atoms with Gasteiger partial charge >= 0.3 is 6.09 Å². The maximum Gasteiger partial charge on any atom is 0.408 e. The molecule has 9 heteroatoms. The summed E-state index contributed by atoms with van der Waals surface area (Å²) in [6.45, 7) is 9.32. The lowest BCUT2D eigenvalue weighted by atomic mass is 9.73. The molecule has 0 bridgehead atoms. The Bertz CT molecular complexity index is 1210. The topological polar surface area (TPSA) is 84.7 Å². The number of ether oxygens (including phenoxy) is 1. The summed E-state index contributed by atoms with van der Waals surface area (Å²) < 4.78 is 8.36. The number of amides is 1. The highest BCUT2D eigenvalue weighted by Gasteiger charge is 2.49. The number of alkyl carbamates (subject to hydrolysis) is 1. The molecule has 0 aromatic carbocycles. The van der Waals surface area contributed by atoms with Crippen molar-refractivity contribution >= 4 is 33.4 Å². The van der Waals surface area contributed by atoms with Gasteiger partial charge in [0.05, 0.1) is 17.9 Å². The second-order valence-corrected chi connectivity index (χ2v) is 10.8. The molecule has 174 valence electrons. The van der Waals surface area contributed by atoms with Crippen LogP contribution in [0, 0.1) is 12.3 Å². The van der Waals surface area contributed by atoms with Gasteiger partial charge in [-0.25, -0.2) is 14.3 Å². The fraction of sp³-hybridized carbons (Fsp3) is 0.500. The van der Waals surface area contributed by atoms with Crippen LogP contribution in [0.2, 0.25) is 0 Å². The van der Waals surface area contributed by atoms with E-state index in [0.29, 0.717) is 0 Å². The Morgan fingerprint density at radius 2 is 2.00 bits per heavy atom. The van der Waals surface area contributed by atoms with Gasteiger partial charge in [-0.15, -0.1) is 0 Å². The average molecular weight is 513 g/mol. The number of hydrogen-bond acceptors (Lipinski definition) is 6. The van der Waals surface area contributed by atoms with Crippen LogP contribution in [0.5, 0.6) is 0 Å². The van der Waals surface area contributed by atoms with Gasteiger partial charge in [0.15, 0.2) is 5.82 Å². The predicted molar refractivity (Wildman–Crippen MR) is 129 cm³/mol. The van der Waals surface area contributed by atoms with Crippen molar-refractivity contribution in [3.8, 4) is 0 Å². The normalized spacial score (nSPS) is 19.7. The lowest BCUT2D eigenvalue weighted by Gasteiger charge is -2.43. The molecule has 4 heterocycles. The molecule has 1 aliphatic carbocycles. The molecule has 1 atom stereocenters. The van der Waals surface area contributed by atoms with Crippen molar-refractivity contribution in [3.63, 3.8) is 0 Å². The summed E-state index contributed by atoms with van der Waals surface area (Å²) in [4.78, 5) is 24.6. The van der Waals surface area contributed by atoms with Crippen molar-refractivity contribution in [2.24, 2.45) is 5.41 Å². The molecule has 3 aromatic rings. The lowest BCUT2D eigenvalue weighted by Crippen LogP contribution is -2.48. The van der Waals surface area contributed by atoms with E-state index in [4.69, 9.17) is 9.72 Å². The van der Waals surface area contributed by atoms with Gasteiger partial charge in [0.2, 0.25) is 0 Å². The number of carbonyl (C=O) groups is 1. The van der Waals surface area contributed by atoms with Crippen LogP contribution in [-0.2, 0) is 11.2 Å². The Morgan fingerprint density at radius 3 is 2.73 bits per heavy atom. The van der Waals surface area contributed by atoms with Crippen LogP contribution in [0.3, 0.4) is 0 Å². The van der Waals surface area contributed by atoms with Crippen molar-refractivity contribution in [2.75, 3.05) is 18.0 Å². The van der Waals surface area contributed by atoms with Crippen LogP contribution in [0.15, 0.2) is 35.2 Å². The number of fused-ring (bicyclic) bond motifs is 2. The van der Waals surface area contributed by atoms with E-state index in [1.807, 2.05) is 50.5 Å². The number of aromatic nitrogens is 4. The standard InChI is InChI=1S/C24H29BrN6O2/c1-15-20(25)31-18(7-11-27-31)21(28-15)30-12-8-24(9-13-30)14-17-16(6-5-10-26-17)19(24)29-22(32)33-23(2,3)4/h5-7,10-11,19H,8-9,12-14H2,1-4H3,(H,29,32)/t19-/m1/s1. The molecule has 0 unspecified atom stereocenters. The first kappa shape index (κ1) is 22.1. The summed E-state index contributed by atoms with van der Waals surface area (Å²) in [5.74, 6) is 0.952. The van der Waals surface area contributed by atoms with E-state index in [1.54, 1.807) is 6.20 Å². The Hall–Kier alpha value is -2.68. The van der Waals surface area contributed by atoms with Crippen molar-refractivity contribution in [3.05, 3.63) is 52.1 Å². The van der Waals surface area contributed by atoms with Crippen LogP contribution in [0.25, 0.3) is 5.52 Å². The minimum Gasteiger partial charge on any atom is -0.444 e. The Kier molecular flexibility index (Phi) is 5.34. The summed E-state index contributed by atoms with van der Waals surface area (Å²) >= 11 is 3.60. The van der Waals surface area contributed by atoms with Crippen molar-refractivity contribution < 1.29 is 9.53 Å². The molecular weight excluding hydrogens is 484 g/mol. The number of carbonyl (C=O) groups excluding carboxylic acids is 1. The van der Waals surface area contributed by atoms with E-state index in [0.717, 1.165) is 65.2 Å². The van der Waals surface area contributed by atoms with Crippen LogP contribution in [0.1, 0.15) is 56.6 Å². The summed E-state index contributed by atoms with van der Waals surface area (Å²) in [5.41, 5.74) is 3.44. The number of hydrogen-bond donors (Lipinski definition) is 1. The highest BCUT2D eigenvalue weighted by Crippen LogP contribution is 2.52. The fourth-order valence-electron chi connectivity index (χ4n) is 5.19. The summed E-state index contributed by atoms with van der Waals surface area (Å²) in [6.07, 6.45) is 5.95. The third kappa shape index (κ3) is 3.96. The Morgan fingerprint density at radius 1 is 1.24 bits per heavy atom. The molecule has 1 fully saturated rings. The third-order valence-corrected chi connectivity index (χ3v) is 7.63. The number of nitrogens with one attached hydrogen (secondary N) is 1. The SMILES string of the molecule is Cc1nc(N2CCC3(CC2)Cc2ncccc2[C@H]3NC(=O)OC(C)(C)C)c2ccnn2c1Br. The van der Waals surface area contributed by atoms with Gasteiger partial charge in [-0.3, -0.25) is 4.98 Å². The zero-order valence-corrected chi connectivity index (χ0v) is 21.0. The minimum atomic E-state index is -0.543. The monoisotopic (exact) mass is 512 g/mol. The zero-order chi connectivity index (χ0) is 23.4. The molecule has 0 radical (unpaired) electrons. The highest BCUT2D eigenvalue weighted by atomic mass is 79.9. The lowest BCUT2D eigenvalue weighted by molar-refractivity contribution is 0.0428. The predicted octanol–water partition coefficient (Wildman–Crippen LogP) is 4.60. The molecule has 8 nitrogen and oxygen atoms in total. The van der Waals surface area contributed by atoms with Gasteiger partial charge in [0.25, 0.3) is 0 Å². The van der Waals surface area contributed by atoms with Gasteiger partial charge in [-0.2, -0.15) is 5.10 Å². The van der Waals surface area contributed by atoms with Gasteiger partial charge in [0.1, 0.15) is 15.7 Å². The molecule has 1 spiro atoms.